The second-order valence-electron chi connectivity index (χ2n) is 2.21. The molecule has 0 radical (unpaired) electrons. The van der Waals surface area contributed by atoms with Crippen LogP contribution in [0, 0.1) is 0 Å². The number of hydrogen-bond acceptors (Lipinski definition) is 3. The monoisotopic (exact) mass is 148 g/mol. The van der Waals surface area contributed by atoms with Gasteiger partial charge in [0.1, 0.15) is 11.0 Å². The van der Waals surface area contributed by atoms with E-state index in [1.54, 1.807) is 11.8 Å². The number of fused-ring (bicyclic) bond motifs is 1. The molecular weight excluding hydrogens is 140 g/mol. The van der Waals surface area contributed by atoms with Gasteiger partial charge in [0.05, 0.1) is 0 Å². The number of hydrogen-bond donors (Lipinski definition) is 1. The Balaban J connectivity index is 2.76. The molecule has 1 N–H and O–H groups in total. The van der Waals surface area contributed by atoms with Crippen LogP contribution in [0.2, 0.25) is 0 Å². The van der Waals surface area contributed by atoms with Crippen molar-refractivity contribution in [2.24, 2.45) is 0 Å². The van der Waals surface area contributed by atoms with Gasteiger partial charge >= 0.3 is 0 Å². The van der Waals surface area contributed by atoms with Crippen LogP contribution in [0.1, 0.15) is 0 Å². The molecule has 0 saturated carbocycles. The fraction of sp³-hybridized carbons (Fsp3) is 0.143. The Hall–Kier alpha value is -1.58. The maximum Gasteiger partial charge on any atom is 0.115 e. The van der Waals surface area contributed by atoms with Crippen LogP contribution in [-0.4, -0.2) is 22.2 Å². The molecule has 0 unspecified atom stereocenters. The van der Waals surface area contributed by atoms with E-state index in [0.717, 1.165) is 11.0 Å². The third-order valence-electron chi connectivity index (χ3n) is 1.56. The fourth-order valence-corrected chi connectivity index (χ4v) is 1.03. The SMILES string of the molecule is CNn1nnc2ccccc21. The highest BCUT2D eigenvalue weighted by atomic mass is 15.6. The van der Waals surface area contributed by atoms with Gasteiger partial charge in [0.15, 0.2) is 0 Å². The Bertz CT molecular complexity index is 365. The standard InChI is InChI=1S/C7H8N4/c1-8-11-7-5-3-2-4-6(7)9-10-11/h2-5,8H,1H3. The van der Waals surface area contributed by atoms with E-state index in [-0.39, 0.29) is 0 Å². The third-order valence-corrected chi connectivity index (χ3v) is 1.56. The summed E-state index contributed by atoms with van der Waals surface area (Å²) in [4.78, 5) is 1.63. The van der Waals surface area contributed by atoms with Crippen molar-refractivity contribution in [1.29, 1.82) is 0 Å². The van der Waals surface area contributed by atoms with Crippen LogP contribution in [0.4, 0.5) is 0 Å². The maximum absolute atomic E-state index is 3.94. The normalized spacial score (nSPS) is 10.3. The highest BCUT2D eigenvalue weighted by Crippen LogP contribution is 2.06. The smallest absolute Gasteiger partial charge is 0.115 e. The number of rotatable bonds is 1. The first-order chi connectivity index (χ1) is 5.42. The van der Waals surface area contributed by atoms with Crippen LogP contribution in [-0.2, 0) is 0 Å². The van der Waals surface area contributed by atoms with Crippen molar-refractivity contribution in [2.45, 2.75) is 0 Å². The fourth-order valence-electron chi connectivity index (χ4n) is 1.03. The average molecular weight is 148 g/mol. The minimum atomic E-state index is 0.904. The number of aromatic nitrogens is 3. The molecule has 0 fully saturated rings. The average Bonchev–Trinajstić information content (AvgIpc) is 2.47. The van der Waals surface area contributed by atoms with E-state index in [2.05, 4.69) is 15.7 Å². The Morgan fingerprint density at radius 2 is 2.18 bits per heavy atom. The van der Waals surface area contributed by atoms with Gasteiger partial charge in [0.25, 0.3) is 0 Å². The van der Waals surface area contributed by atoms with Crippen molar-refractivity contribution in [3.63, 3.8) is 0 Å². The summed E-state index contributed by atoms with van der Waals surface area (Å²) in [5.41, 5.74) is 4.79. The van der Waals surface area contributed by atoms with Gasteiger partial charge in [-0.25, -0.2) is 0 Å². The van der Waals surface area contributed by atoms with E-state index in [9.17, 15) is 0 Å². The summed E-state index contributed by atoms with van der Waals surface area (Å²) < 4.78 is 0. The molecule has 56 valence electrons. The molecule has 1 heterocycles. The van der Waals surface area contributed by atoms with Crippen molar-refractivity contribution < 1.29 is 0 Å². The summed E-state index contributed by atoms with van der Waals surface area (Å²) in [5, 5.41) is 7.81. The summed E-state index contributed by atoms with van der Waals surface area (Å²) in [6.07, 6.45) is 0. The number of benzene rings is 1. The maximum atomic E-state index is 3.94. The molecule has 0 saturated heterocycles. The van der Waals surface area contributed by atoms with Crippen LogP contribution in [0.15, 0.2) is 24.3 Å². The molecule has 2 aromatic rings. The lowest BCUT2D eigenvalue weighted by Gasteiger charge is -1.96. The van der Waals surface area contributed by atoms with Gasteiger partial charge in [-0.3, -0.25) is 0 Å². The first kappa shape index (κ1) is 6.15. The lowest BCUT2D eigenvalue weighted by Crippen LogP contribution is -2.09. The first-order valence-electron chi connectivity index (χ1n) is 3.40. The predicted molar refractivity (Wildman–Crippen MR) is 42.8 cm³/mol. The van der Waals surface area contributed by atoms with E-state index in [1.807, 2.05) is 24.3 Å². The van der Waals surface area contributed by atoms with E-state index in [1.165, 1.54) is 0 Å². The largest absolute Gasteiger partial charge is 0.311 e. The van der Waals surface area contributed by atoms with Gasteiger partial charge in [-0.05, 0) is 17.3 Å². The minimum Gasteiger partial charge on any atom is -0.311 e. The van der Waals surface area contributed by atoms with Crippen LogP contribution in [0.3, 0.4) is 0 Å². The van der Waals surface area contributed by atoms with E-state index < -0.39 is 0 Å². The molecule has 0 atom stereocenters. The zero-order valence-electron chi connectivity index (χ0n) is 6.15. The second-order valence-corrected chi connectivity index (χ2v) is 2.21. The topological polar surface area (TPSA) is 42.7 Å². The molecular formula is C7H8N4. The Kier molecular flexibility index (Phi) is 1.25. The molecule has 0 bridgehead atoms. The molecule has 4 heteroatoms. The molecule has 2 rings (SSSR count). The lowest BCUT2D eigenvalue weighted by atomic mass is 10.3. The molecule has 0 aliphatic heterocycles. The molecule has 0 aliphatic rings. The van der Waals surface area contributed by atoms with Crippen molar-refractivity contribution in [2.75, 3.05) is 12.5 Å². The molecule has 1 aromatic carbocycles. The highest BCUT2D eigenvalue weighted by Gasteiger charge is 1.98. The summed E-state index contributed by atoms with van der Waals surface area (Å²) in [7, 11) is 1.81. The highest BCUT2D eigenvalue weighted by molar-refractivity contribution is 5.73. The van der Waals surface area contributed by atoms with Gasteiger partial charge in [-0.2, -0.15) is 4.79 Å². The summed E-state index contributed by atoms with van der Waals surface area (Å²) in [6, 6.07) is 7.79. The Morgan fingerprint density at radius 1 is 1.36 bits per heavy atom. The van der Waals surface area contributed by atoms with Crippen LogP contribution in [0.25, 0.3) is 11.0 Å². The van der Waals surface area contributed by atoms with Crippen LogP contribution < -0.4 is 5.43 Å². The zero-order valence-corrected chi connectivity index (χ0v) is 6.15. The van der Waals surface area contributed by atoms with Gasteiger partial charge in [-0.15, -0.1) is 5.10 Å². The third kappa shape index (κ3) is 0.832. The molecule has 0 amide bonds. The summed E-state index contributed by atoms with van der Waals surface area (Å²) >= 11 is 0. The van der Waals surface area contributed by atoms with E-state index in [0.29, 0.717) is 0 Å². The van der Waals surface area contributed by atoms with Gasteiger partial charge in [0, 0.05) is 7.05 Å². The van der Waals surface area contributed by atoms with E-state index in [4.69, 9.17) is 0 Å². The Labute approximate surface area is 63.8 Å². The van der Waals surface area contributed by atoms with Crippen molar-refractivity contribution in [3.05, 3.63) is 24.3 Å². The quantitative estimate of drug-likeness (QED) is 0.644. The molecule has 0 spiro atoms. The van der Waals surface area contributed by atoms with Gasteiger partial charge in [-0.1, -0.05) is 12.1 Å². The van der Waals surface area contributed by atoms with Crippen LogP contribution >= 0.6 is 0 Å². The molecule has 11 heavy (non-hydrogen) atoms. The number of nitrogens with one attached hydrogen (secondary N) is 1. The molecule has 4 nitrogen and oxygen atoms in total. The molecule has 1 aromatic heterocycles. The predicted octanol–water partition coefficient (Wildman–Crippen LogP) is 0.605. The van der Waals surface area contributed by atoms with Crippen molar-refractivity contribution in [3.8, 4) is 0 Å². The zero-order chi connectivity index (χ0) is 7.68. The summed E-state index contributed by atoms with van der Waals surface area (Å²) in [5.74, 6) is 0. The molecule has 0 aliphatic carbocycles. The van der Waals surface area contributed by atoms with Crippen LogP contribution in [0.5, 0.6) is 0 Å². The number of nitrogens with zero attached hydrogens (tertiary/aromatic N) is 3. The first-order valence-corrected chi connectivity index (χ1v) is 3.40. The minimum absolute atomic E-state index is 0.904. The van der Waals surface area contributed by atoms with Gasteiger partial charge in [0.2, 0.25) is 0 Å². The Morgan fingerprint density at radius 3 is 3.00 bits per heavy atom. The van der Waals surface area contributed by atoms with E-state index >= 15 is 0 Å². The van der Waals surface area contributed by atoms with Gasteiger partial charge < -0.3 is 5.43 Å². The summed E-state index contributed by atoms with van der Waals surface area (Å²) in [6.45, 7) is 0. The lowest BCUT2D eigenvalue weighted by molar-refractivity contribution is 0.749. The van der Waals surface area contributed by atoms with Crippen molar-refractivity contribution in [1.82, 2.24) is 15.1 Å². The second kappa shape index (κ2) is 2.23. The van der Waals surface area contributed by atoms with Crippen molar-refractivity contribution >= 4 is 11.0 Å². The number of para-hydroxylation sites is 1.